The third-order valence-electron chi connectivity index (χ3n) is 2.21. The van der Waals surface area contributed by atoms with Gasteiger partial charge in [-0.05, 0) is 24.6 Å². The van der Waals surface area contributed by atoms with E-state index in [1.54, 1.807) is 18.2 Å². The molecule has 0 radical (unpaired) electrons. The maximum Gasteiger partial charge on any atom is 0.411 e. The Labute approximate surface area is 120 Å². The normalized spacial score (nSPS) is 11.4. The summed E-state index contributed by atoms with van der Waals surface area (Å²) >= 11 is 5.72. The quantitative estimate of drug-likeness (QED) is 0.540. The monoisotopic (exact) mass is 312 g/mol. The molecule has 0 aliphatic heterocycles. The molecular weight excluding hydrogens is 297 g/mol. The first kappa shape index (κ1) is 16.9. The molecule has 0 aliphatic rings. The highest BCUT2D eigenvalue weighted by atomic mass is 35.5. The number of hydrogen-bond donors (Lipinski definition) is 0. The van der Waals surface area contributed by atoms with Gasteiger partial charge in [0.05, 0.1) is 13.2 Å². The molecule has 7 heteroatoms. The Morgan fingerprint density at radius 1 is 1.10 bits per heavy atom. The number of ether oxygens (including phenoxy) is 3. The molecule has 1 aromatic carbocycles. The Morgan fingerprint density at radius 3 is 2.45 bits per heavy atom. The van der Waals surface area contributed by atoms with Gasteiger partial charge in [-0.2, -0.15) is 13.2 Å². The Morgan fingerprint density at radius 2 is 1.85 bits per heavy atom. The van der Waals surface area contributed by atoms with Gasteiger partial charge in [-0.1, -0.05) is 6.07 Å². The molecule has 0 bridgehead atoms. The molecule has 0 aliphatic carbocycles. The molecule has 114 valence electrons. The lowest BCUT2D eigenvalue weighted by molar-refractivity contribution is -0.175. The van der Waals surface area contributed by atoms with Crippen LogP contribution in [0.4, 0.5) is 13.2 Å². The van der Waals surface area contributed by atoms with Gasteiger partial charge in [0.15, 0.2) is 11.5 Å². The van der Waals surface area contributed by atoms with Crippen LogP contribution in [-0.2, 0) is 10.6 Å². The van der Waals surface area contributed by atoms with Gasteiger partial charge in [-0.25, -0.2) is 0 Å². The molecular formula is C13H16ClF3O3. The van der Waals surface area contributed by atoms with Crippen LogP contribution in [0.2, 0.25) is 0 Å². The molecule has 0 saturated carbocycles. The standard InChI is InChI=1S/C13H16ClF3O3/c1-2-19-12-7-10(8-14)3-4-11(12)20-6-5-18-9-13(15,16)17/h3-4,7H,2,5-6,8-9H2,1H3. The molecule has 0 amide bonds. The van der Waals surface area contributed by atoms with E-state index in [2.05, 4.69) is 4.74 Å². The van der Waals surface area contributed by atoms with Gasteiger partial charge in [0, 0.05) is 5.88 Å². The highest BCUT2D eigenvalue weighted by Crippen LogP contribution is 2.29. The molecule has 0 saturated heterocycles. The molecule has 0 N–H and O–H groups in total. The summed E-state index contributed by atoms with van der Waals surface area (Å²) in [5, 5.41) is 0. The second-order valence-corrected chi connectivity index (χ2v) is 4.13. The number of hydrogen-bond acceptors (Lipinski definition) is 3. The van der Waals surface area contributed by atoms with Gasteiger partial charge < -0.3 is 14.2 Å². The third kappa shape index (κ3) is 6.34. The Balaban J connectivity index is 2.46. The number of alkyl halides is 4. The fourth-order valence-electron chi connectivity index (χ4n) is 1.42. The van der Waals surface area contributed by atoms with Crippen LogP contribution in [0.3, 0.4) is 0 Å². The summed E-state index contributed by atoms with van der Waals surface area (Å²) in [5.74, 6) is 1.31. The molecule has 20 heavy (non-hydrogen) atoms. The molecule has 0 aromatic heterocycles. The smallest absolute Gasteiger partial charge is 0.411 e. The van der Waals surface area contributed by atoms with Crippen LogP contribution in [0.25, 0.3) is 0 Å². The molecule has 0 heterocycles. The predicted molar refractivity (Wildman–Crippen MR) is 69.5 cm³/mol. The second-order valence-electron chi connectivity index (χ2n) is 3.86. The van der Waals surface area contributed by atoms with E-state index in [9.17, 15) is 13.2 Å². The second kappa shape index (κ2) is 8.21. The van der Waals surface area contributed by atoms with E-state index in [1.807, 2.05) is 6.92 Å². The van der Waals surface area contributed by atoms with Crippen LogP contribution in [-0.4, -0.2) is 32.6 Å². The fraction of sp³-hybridized carbons (Fsp3) is 0.538. The largest absolute Gasteiger partial charge is 0.490 e. The van der Waals surface area contributed by atoms with E-state index in [4.69, 9.17) is 21.1 Å². The molecule has 3 nitrogen and oxygen atoms in total. The zero-order valence-corrected chi connectivity index (χ0v) is 11.8. The van der Waals surface area contributed by atoms with Gasteiger partial charge >= 0.3 is 6.18 Å². The summed E-state index contributed by atoms with van der Waals surface area (Å²) in [4.78, 5) is 0. The molecule has 0 unspecified atom stereocenters. The van der Waals surface area contributed by atoms with E-state index in [1.165, 1.54) is 0 Å². The zero-order valence-electron chi connectivity index (χ0n) is 11.0. The number of halogens is 4. The summed E-state index contributed by atoms with van der Waals surface area (Å²) in [6.45, 7) is 0.856. The summed E-state index contributed by atoms with van der Waals surface area (Å²) in [7, 11) is 0. The lowest BCUT2D eigenvalue weighted by Gasteiger charge is -2.13. The van der Waals surface area contributed by atoms with Crippen LogP contribution in [0.15, 0.2) is 18.2 Å². The maximum atomic E-state index is 11.9. The van der Waals surface area contributed by atoms with Gasteiger partial charge in [0.2, 0.25) is 0 Å². The SMILES string of the molecule is CCOc1cc(CCl)ccc1OCCOCC(F)(F)F. The van der Waals surface area contributed by atoms with Crippen LogP contribution in [0.5, 0.6) is 11.5 Å². The topological polar surface area (TPSA) is 27.7 Å². The first-order valence-corrected chi connectivity index (χ1v) is 6.58. The minimum atomic E-state index is -4.32. The van der Waals surface area contributed by atoms with Crippen molar-refractivity contribution < 1.29 is 27.4 Å². The lowest BCUT2D eigenvalue weighted by Crippen LogP contribution is -2.19. The van der Waals surface area contributed by atoms with E-state index < -0.39 is 12.8 Å². The van der Waals surface area contributed by atoms with Crippen molar-refractivity contribution in [2.24, 2.45) is 0 Å². The Hall–Kier alpha value is -1.14. The van der Waals surface area contributed by atoms with Crippen molar-refractivity contribution in [2.75, 3.05) is 26.4 Å². The third-order valence-corrected chi connectivity index (χ3v) is 2.52. The first-order chi connectivity index (χ1) is 9.46. The Kier molecular flexibility index (Phi) is 6.95. The summed E-state index contributed by atoms with van der Waals surface area (Å²) in [5.41, 5.74) is 0.871. The molecule has 0 atom stereocenters. The van der Waals surface area contributed by atoms with Crippen molar-refractivity contribution in [3.8, 4) is 11.5 Å². The van der Waals surface area contributed by atoms with Crippen molar-refractivity contribution in [2.45, 2.75) is 19.0 Å². The highest BCUT2D eigenvalue weighted by molar-refractivity contribution is 6.17. The van der Waals surface area contributed by atoms with E-state index in [0.29, 0.717) is 24.0 Å². The van der Waals surface area contributed by atoms with Crippen LogP contribution in [0, 0.1) is 0 Å². The summed E-state index contributed by atoms with van der Waals surface area (Å²) < 4.78 is 50.7. The Bertz CT molecular complexity index is 410. The van der Waals surface area contributed by atoms with Crippen LogP contribution < -0.4 is 9.47 Å². The highest BCUT2D eigenvalue weighted by Gasteiger charge is 2.27. The summed E-state index contributed by atoms with van der Waals surface area (Å²) in [6, 6.07) is 5.18. The number of benzene rings is 1. The predicted octanol–water partition coefficient (Wildman–Crippen LogP) is 3.78. The zero-order chi connectivity index (χ0) is 15.0. The average molecular weight is 313 g/mol. The van der Waals surface area contributed by atoms with Crippen LogP contribution >= 0.6 is 11.6 Å². The summed E-state index contributed by atoms with van der Waals surface area (Å²) in [6.07, 6.45) is -4.32. The average Bonchev–Trinajstić information content (AvgIpc) is 2.38. The van der Waals surface area contributed by atoms with Gasteiger partial charge in [-0.3, -0.25) is 0 Å². The van der Waals surface area contributed by atoms with Crippen molar-refractivity contribution in [1.82, 2.24) is 0 Å². The molecule has 0 spiro atoms. The van der Waals surface area contributed by atoms with Crippen molar-refractivity contribution in [1.29, 1.82) is 0 Å². The van der Waals surface area contributed by atoms with E-state index >= 15 is 0 Å². The maximum absolute atomic E-state index is 11.9. The van der Waals surface area contributed by atoms with Gasteiger partial charge in [0.1, 0.15) is 13.2 Å². The molecule has 1 rings (SSSR count). The number of rotatable bonds is 8. The van der Waals surface area contributed by atoms with E-state index in [-0.39, 0.29) is 13.2 Å². The van der Waals surface area contributed by atoms with Crippen molar-refractivity contribution in [3.05, 3.63) is 23.8 Å². The van der Waals surface area contributed by atoms with E-state index in [0.717, 1.165) is 5.56 Å². The fourth-order valence-corrected chi connectivity index (χ4v) is 1.59. The first-order valence-electron chi connectivity index (χ1n) is 6.05. The lowest BCUT2D eigenvalue weighted by atomic mass is 10.2. The molecule has 1 aromatic rings. The van der Waals surface area contributed by atoms with Crippen LogP contribution in [0.1, 0.15) is 12.5 Å². The molecule has 0 fully saturated rings. The van der Waals surface area contributed by atoms with Gasteiger partial charge in [-0.15, -0.1) is 11.6 Å². The minimum Gasteiger partial charge on any atom is -0.490 e. The van der Waals surface area contributed by atoms with Gasteiger partial charge in [0.25, 0.3) is 0 Å². The minimum absolute atomic E-state index is 0.0103. The van der Waals surface area contributed by atoms with Crippen molar-refractivity contribution in [3.63, 3.8) is 0 Å². The van der Waals surface area contributed by atoms with Crippen molar-refractivity contribution >= 4 is 11.6 Å².